The summed E-state index contributed by atoms with van der Waals surface area (Å²) in [6, 6.07) is 16.8. The van der Waals surface area contributed by atoms with E-state index in [1.807, 2.05) is 31.2 Å². The fourth-order valence-electron chi connectivity index (χ4n) is 2.80. The van der Waals surface area contributed by atoms with Crippen molar-refractivity contribution in [2.24, 2.45) is 0 Å². The van der Waals surface area contributed by atoms with Crippen LogP contribution in [-0.2, 0) is 9.59 Å². The molecule has 0 fully saturated rings. The van der Waals surface area contributed by atoms with E-state index in [-0.39, 0.29) is 10.7 Å². The third-order valence-corrected chi connectivity index (χ3v) is 5.67. The number of thiazole rings is 1. The van der Waals surface area contributed by atoms with Gasteiger partial charge in [-0.05, 0) is 67.1 Å². The second kappa shape index (κ2) is 8.22. The molecule has 150 valence electrons. The molecule has 0 saturated carbocycles. The maximum Gasteiger partial charge on any atom is 0.314 e. The molecule has 0 radical (unpaired) electrons. The van der Waals surface area contributed by atoms with Gasteiger partial charge in [0.1, 0.15) is 10.8 Å². The summed E-state index contributed by atoms with van der Waals surface area (Å²) in [4.78, 5) is 28.8. The number of aryl methyl sites for hydroxylation is 1. The molecule has 0 bridgehead atoms. The lowest BCUT2D eigenvalue weighted by molar-refractivity contribution is -0.132. The van der Waals surface area contributed by atoms with Gasteiger partial charge < -0.3 is 10.6 Å². The highest BCUT2D eigenvalue weighted by atomic mass is 35.5. The molecule has 0 aliphatic heterocycles. The largest absolute Gasteiger partial charge is 0.318 e. The minimum atomic E-state index is -0.886. The van der Waals surface area contributed by atoms with Crippen LogP contribution in [0.25, 0.3) is 20.8 Å². The van der Waals surface area contributed by atoms with Crippen molar-refractivity contribution < 1.29 is 14.0 Å². The number of hydrogen-bond donors (Lipinski definition) is 2. The molecular formula is C22H15ClFN3O2S. The molecule has 0 spiro atoms. The summed E-state index contributed by atoms with van der Waals surface area (Å²) >= 11 is 7.27. The van der Waals surface area contributed by atoms with E-state index in [2.05, 4.69) is 21.7 Å². The summed E-state index contributed by atoms with van der Waals surface area (Å²) in [5, 5.41) is 5.63. The first-order valence-corrected chi connectivity index (χ1v) is 10.1. The highest BCUT2D eigenvalue weighted by Gasteiger charge is 2.15. The molecule has 0 aliphatic rings. The van der Waals surface area contributed by atoms with E-state index in [0.717, 1.165) is 26.9 Å². The molecule has 5 nitrogen and oxygen atoms in total. The van der Waals surface area contributed by atoms with Crippen LogP contribution in [0.4, 0.5) is 15.8 Å². The van der Waals surface area contributed by atoms with E-state index in [1.165, 1.54) is 17.7 Å². The highest BCUT2D eigenvalue weighted by Crippen LogP contribution is 2.31. The number of hydrogen-bond acceptors (Lipinski definition) is 4. The predicted molar refractivity (Wildman–Crippen MR) is 118 cm³/mol. The summed E-state index contributed by atoms with van der Waals surface area (Å²) in [5.74, 6) is -2.34. The Labute approximate surface area is 180 Å². The zero-order valence-corrected chi connectivity index (χ0v) is 17.3. The molecule has 4 rings (SSSR count). The van der Waals surface area contributed by atoms with Gasteiger partial charge in [-0.2, -0.15) is 0 Å². The van der Waals surface area contributed by atoms with E-state index in [0.29, 0.717) is 5.69 Å². The average molecular weight is 440 g/mol. The molecule has 0 atom stereocenters. The van der Waals surface area contributed by atoms with E-state index >= 15 is 0 Å². The number of rotatable bonds is 3. The maximum atomic E-state index is 13.2. The number of nitrogens with zero attached hydrogens (tertiary/aromatic N) is 1. The van der Waals surface area contributed by atoms with Gasteiger partial charge >= 0.3 is 11.8 Å². The summed E-state index contributed by atoms with van der Waals surface area (Å²) < 4.78 is 14.3. The van der Waals surface area contributed by atoms with Crippen LogP contribution in [0.2, 0.25) is 5.02 Å². The lowest BCUT2D eigenvalue weighted by atomic mass is 10.2. The summed E-state index contributed by atoms with van der Waals surface area (Å²) in [5.41, 5.74) is 3.72. The van der Waals surface area contributed by atoms with Gasteiger partial charge in [-0.25, -0.2) is 9.37 Å². The Bertz CT molecular complexity index is 1270. The lowest BCUT2D eigenvalue weighted by Gasteiger charge is -2.07. The number of carbonyl (C=O) groups excluding carboxylic acids is 2. The molecule has 0 aliphatic carbocycles. The predicted octanol–water partition coefficient (Wildman–Crippen LogP) is 5.64. The van der Waals surface area contributed by atoms with Gasteiger partial charge in [0.05, 0.1) is 15.2 Å². The topological polar surface area (TPSA) is 71.1 Å². The van der Waals surface area contributed by atoms with E-state index in [4.69, 9.17) is 11.6 Å². The number of aromatic nitrogens is 1. The average Bonchev–Trinajstić information content (AvgIpc) is 3.14. The number of anilines is 2. The van der Waals surface area contributed by atoms with Crippen molar-refractivity contribution in [3.63, 3.8) is 0 Å². The van der Waals surface area contributed by atoms with E-state index < -0.39 is 17.6 Å². The van der Waals surface area contributed by atoms with Crippen LogP contribution in [0.15, 0.2) is 60.7 Å². The van der Waals surface area contributed by atoms with E-state index in [1.54, 1.807) is 23.5 Å². The van der Waals surface area contributed by atoms with Gasteiger partial charge in [0.15, 0.2) is 0 Å². The number of halogens is 2. The van der Waals surface area contributed by atoms with Crippen molar-refractivity contribution in [3.05, 3.63) is 77.1 Å². The third-order valence-electron chi connectivity index (χ3n) is 4.32. The number of nitrogens with one attached hydrogen (secondary N) is 2. The number of fused-ring (bicyclic) bond motifs is 1. The first-order chi connectivity index (χ1) is 14.4. The fourth-order valence-corrected chi connectivity index (χ4v) is 4.05. The van der Waals surface area contributed by atoms with Crippen LogP contribution in [0.5, 0.6) is 0 Å². The molecular weight excluding hydrogens is 425 g/mol. The van der Waals surface area contributed by atoms with Gasteiger partial charge in [-0.1, -0.05) is 17.7 Å². The SMILES string of the molecule is Cc1ccc2nc(-c3ccc(NC(=O)C(=O)Nc4ccc(F)c(Cl)c4)cc3)sc2c1. The highest BCUT2D eigenvalue weighted by molar-refractivity contribution is 7.21. The van der Waals surface area contributed by atoms with Crippen molar-refractivity contribution in [3.8, 4) is 10.6 Å². The van der Waals surface area contributed by atoms with Crippen LogP contribution in [0, 0.1) is 12.7 Å². The molecule has 1 aromatic heterocycles. The minimum Gasteiger partial charge on any atom is -0.318 e. The summed E-state index contributed by atoms with van der Waals surface area (Å²) in [6.07, 6.45) is 0. The van der Waals surface area contributed by atoms with Gasteiger partial charge in [0, 0.05) is 16.9 Å². The van der Waals surface area contributed by atoms with Crippen molar-refractivity contribution in [2.45, 2.75) is 6.92 Å². The third kappa shape index (κ3) is 4.32. The van der Waals surface area contributed by atoms with Gasteiger partial charge in [0.2, 0.25) is 0 Å². The minimum absolute atomic E-state index is 0.145. The second-order valence-corrected chi connectivity index (χ2v) is 8.04. The van der Waals surface area contributed by atoms with Crippen molar-refractivity contribution in [1.82, 2.24) is 4.98 Å². The molecule has 3 aromatic carbocycles. The summed E-state index contributed by atoms with van der Waals surface area (Å²) in [6.45, 7) is 2.04. The molecule has 0 saturated heterocycles. The number of carbonyl (C=O) groups is 2. The standard InChI is InChI=1S/C22H15ClFN3O2S/c1-12-2-9-18-19(10-12)30-22(27-18)13-3-5-14(6-4-13)25-20(28)21(29)26-15-7-8-17(24)16(23)11-15/h2-11H,1H3,(H,25,28)(H,26,29). The Morgan fingerprint density at radius 1 is 0.933 bits per heavy atom. The zero-order chi connectivity index (χ0) is 21.3. The van der Waals surface area contributed by atoms with E-state index in [9.17, 15) is 14.0 Å². The number of amides is 2. The molecule has 4 aromatic rings. The zero-order valence-electron chi connectivity index (χ0n) is 15.7. The molecule has 8 heteroatoms. The Balaban J connectivity index is 1.43. The van der Waals surface area contributed by atoms with Crippen LogP contribution >= 0.6 is 22.9 Å². The smallest absolute Gasteiger partial charge is 0.314 e. The monoisotopic (exact) mass is 439 g/mol. The lowest BCUT2D eigenvalue weighted by Crippen LogP contribution is -2.29. The molecule has 1 heterocycles. The molecule has 2 N–H and O–H groups in total. The van der Waals surface area contributed by atoms with Crippen molar-refractivity contribution in [1.29, 1.82) is 0 Å². The number of benzene rings is 3. The molecule has 30 heavy (non-hydrogen) atoms. The normalized spacial score (nSPS) is 10.8. The van der Waals surface area contributed by atoms with Gasteiger partial charge in [0.25, 0.3) is 0 Å². The quantitative estimate of drug-likeness (QED) is 0.406. The van der Waals surface area contributed by atoms with Crippen LogP contribution < -0.4 is 10.6 Å². The molecule has 2 amide bonds. The molecule has 0 unspecified atom stereocenters. The van der Waals surface area contributed by atoms with Crippen molar-refractivity contribution >= 4 is 56.3 Å². The maximum absolute atomic E-state index is 13.2. The second-order valence-electron chi connectivity index (χ2n) is 6.60. The van der Waals surface area contributed by atoms with Crippen molar-refractivity contribution in [2.75, 3.05) is 10.6 Å². The Morgan fingerprint density at radius 3 is 2.30 bits per heavy atom. The van der Waals surface area contributed by atoms with Crippen LogP contribution in [0.3, 0.4) is 0 Å². The first kappa shape index (κ1) is 20.0. The Morgan fingerprint density at radius 2 is 1.60 bits per heavy atom. The van der Waals surface area contributed by atoms with Crippen LogP contribution in [0.1, 0.15) is 5.56 Å². The van der Waals surface area contributed by atoms with Gasteiger partial charge in [-0.3, -0.25) is 9.59 Å². The Kier molecular flexibility index (Phi) is 5.48. The first-order valence-electron chi connectivity index (χ1n) is 8.94. The van der Waals surface area contributed by atoms with Crippen LogP contribution in [-0.4, -0.2) is 16.8 Å². The Hall–Kier alpha value is -3.29. The van der Waals surface area contributed by atoms with Gasteiger partial charge in [-0.15, -0.1) is 11.3 Å². The fraction of sp³-hybridized carbons (Fsp3) is 0.0455. The summed E-state index contributed by atoms with van der Waals surface area (Å²) in [7, 11) is 0.